The number of hydrogen-bond acceptors (Lipinski definition) is 2. The normalized spacial score (nSPS) is 13.2. The van der Waals surface area contributed by atoms with E-state index in [1.165, 1.54) is 22.6 Å². The van der Waals surface area contributed by atoms with Gasteiger partial charge in [0.1, 0.15) is 0 Å². The van der Waals surface area contributed by atoms with E-state index < -0.39 is 0 Å². The summed E-state index contributed by atoms with van der Waals surface area (Å²) in [6, 6.07) is 4.65. The SMILES string of the molecule is CCCC[C@@H](N)c1ccc(CC)s1. The highest BCUT2D eigenvalue weighted by Crippen LogP contribution is 2.25. The summed E-state index contributed by atoms with van der Waals surface area (Å²) >= 11 is 1.87. The molecule has 0 aliphatic rings. The van der Waals surface area contributed by atoms with Gasteiger partial charge in [-0.25, -0.2) is 0 Å². The maximum atomic E-state index is 6.06. The third-order valence-corrected chi connectivity index (χ3v) is 3.63. The Kier molecular flexibility index (Phi) is 4.46. The molecule has 0 saturated heterocycles. The van der Waals surface area contributed by atoms with Crippen LogP contribution < -0.4 is 5.73 Å². The topological polar surface area (TPSA) is 26.0 Å². The molecule has 0 saturated carbocycles. The molecule has 0 aromatic carbocycles. The Labute approximate surface area is 85.0 Å². The van der Waals surface area contributed by atoms with Crippen molar-refractivity contribution >= 4 is 11.3 Å². The van der Waals surface area contributed by atoms with E-state index in [2.05, 4.69) is 26.0 Å². The Balaban J connectivity index is 2.50. The fourth-order valence-corrected chi connectivity index (χ4v) is 2.34. The molecule has 2 heteroatoms. The van der Waals surface area contributed by atoms with Crippen LogP contribution in [0.4, 0.5) is 0 Å². The molecule has 0 aliphatic heterocycles. The fraction of sp³-hybridized carbons (Fsp3) is 0.636. The third kappa shape index (κ3) is 3.12. The molecular weight excluding hydrogens is 178 g/mol. The van der Waals surface area contributed by atoms with Crippen molar-refractivity contribution in [2.45, 2.75) is 45.6 Å². The van der Waals surface area contributed by atoms with Crippen LogP contribution in [-0.2, 0) is 6.42 Å². The highest BCUT2D eigenvalue weighted by molar-refractivity contribution is 7.12. The predicted octanol–water partition coefficient (Wildman–Crippen LogP) is 3.50. The minimum atomic E-state index is 0.269. The molecule has 0 radical (unpaired) electrons. The van der Waals surface area contributed by atoms with Gasteiger partial charge in [0, 0.05) is 15.8 Å². The van der Waals surface area contributed by atoms with Crippen LogP contribution >= 0.6 is 11.3 Å². The van der Waals surface area contributed by atoms with E-state index in [-0.39, 0.29) is 6.04 Å². The lowest BCUT2D eigenvalue weighted by atomic mass is 10.1. The first-order valence-corrected chi connectivity index (χ1v) is 5.93. The van der Waals surface area contributed by atoms with E-state index in [0.29, 0.717) is 0 Å². The predicted molar refractivity (Wildman–Crippen MR) is 60.2 cm³/mol. The monoisotopic (exact) mass is 197 g/mol. The minimum Gasteiger partial charge on any atom is -0.323 e. The highest BCUT2D eigenvalue weighted by atomic mass is 32.1. The maximum absolute atomic E-state index is 6.06. The Morgan fingerprint density at radius 1 is 1.38 bits per heavy atom. The van der Waals surface area contributed by atoms with Crippen molar-refractivity contribution in [3.63, 3.8) is 0 Å². The van der Waals surface area contributed by atoms with Crippen LogP contribution in [0.2, 0.25) is 0 Å². The summed E-state index contributed by atoms with van der Waals surface area (Å²) < 4.78 is 0. The zero-order chi connectivity index (χ0) is 9.68. The van der Waals surface area contributed by atoms with Gasteiger partial charge in [0.2, 0.25) is 0 Å². The lowest BCUT2D eigenvalue weighted by Gasteiger charge is -2.07. The van der Waals surface area contributed by atoms with Crippen molar-refractivity contribution in [1.29, 1.82) is 0 Å². The first-order chi connectivity index (χ1) is 6.27. The van der Waals surface area contributed by atoms with Crippen molar-refractivity contribution in [2.75, 3.05) is 0 Å². The summed E-state index contributed by atoms with van der Waals surface area (Å²) in [6.07, 6.45) is 4.73. The number of aryl methyl sites for hydroxylation is 1. The van der Waals surface area contributed by atoms with Crippen LogP contribution in [0.1, 0.15) is 48.9 Å². The lowest BCUT2D eigenvalue weighted by Crippen LogP contribution is -2.07. The number of rotatable bonds is 5. The van der Waals surface area contributed by atoms with Gasteiger partial charge < -0.3 is 5.73 Å². The van der Waals surface area contributed by atoms with E-state index >= 15 is 0 Å². The van der Waals surface area contributed by atoms with Crippen LogP contribution in [0.5, 0.6) is 0 Å². The molecule has 1 atom stereocenters. The van der Waals surface area contributed by atoms with Crippen molar-refractivity contribution in [2.24, 2.45) is 5.73 Å². The van der Waals surface area contributed by atoms with E-state index in [9.17, 15) is 0 Å². The number of nitrogens with two attached hydrogens (primary N) is 1. The molecule has 0 spiro atoms. The van der Waals surface area contributed by atoms with Gasteiger partial charge in [-0.15, -0.1) is 11.3 Å². The van der Waals surface area contributed by atoms with Gasteiger partial charge in [-0.3, -0.25) is 0 Å². The Hall–Kier alpha value is -0.340. The van der Waals surface area contributed by atoms with Gasteiger partial charge in [0.25, 0.3) is 0 Å². The maximum Gasteiger partial charge on any atom is 0.0389 e. The molecule has 13 heavy (non-hydrogen) atoms. The summed E-state index contributed by atoms with van der Waals surface area (Å²) in [5.41, 5.74) is 6.06. The molecule has 74 valence electrons. The van der Waals surface area contributed by atoms with Gasteiger partial charge in [0.05, 0.1) is 0 Å². The highest BCUT2D eigenvalue weighted by Gasteiger charge is 2.07. The first kappa shape index (κ1) is 10.7. The van der Waals surface area contributed by atoms with E-state index in [1.54, 1.807) is 0 Å². The zero-order valence-corrected chi connectivity index (χ0v) is 9.36. The molecule has 1 heterocycles. The van der Waals surface area contributed by atoms with Gasteiger partial charge >= 0.3 is 0 Å². The van der Waals surface area contributed by atoms with E-state index in [0.717, 1.165) is 12.8 Å². The van der Waals surface area contributed by atoms with Crippen LogP contribution in [0.15, 0.2) is 12.1 Å². The molecule has 0 unspecified atom stereocenters. The Morgan fingerprint density at radius 2 is 2.15 bits per heavy atom. The molecule has 1 aromatic heterocycles. The van der Waals surface area contributed by atoms with Crippen LogP contribution in [0, 0.1) is 0 Å². The number of hydrogen-bond donors (Lipinski definition) is 1. The molecule has 1 nitrogen and oxygen atoms in total. The summed E-state index contributed by atoms with van der Waals surface area (Å²) in [4.78, 5) is 2.80. The molecule has 0 aliphatic carbocycles. The zero-order valence-electron chi connectivity index (χ0n) is 8.55. The number of thiophene rings is 1. The summed E-state index contributed by atoms with van der Waals surface area (Å²) in [5.74, 6) is 0. The largest absolute Gasteiger partial charge is 0.323 e. The van der Waals surface area contributed by atoms with Crippen molar-refractivity contribution in [3.05, 3.63) is 21.9 Å². The van der Waals surface area contributed by atoms with Gasteiger partial charge in [0.15, 0.2) is 0 Å². The van der Waals surface area contributed by atoms with Crippen LogP contribution in [0.3, 0.4) is 0 Å². The van der Waals surface area contributed by atoms with Gasteiger partial charge in [-0.05, 0) is 25.0 Å². The molecule has 0 fully saturated rings. The molecule has 0 bridgehead atoms. The van der Waals surface area contributed by atoms with Crippen molar-refractivity contribution in [1.82, 2.24) is 0 Å². The number of unbranched alkanes of at least 4 members (excludes halogenated alkanes) is 1. The molecule has 0 amide bonds. The second-order valence-electron chi connectivity index (χ2n) is 3.41. The van der Waals surface area contributed by atoms with Crippen LogP contribution in [0.25, 0.3) is 0 Å². The van der Waals surface area contributed by atoms with Gasteiger partial charge in [-0.2, -0.15) is 0 Å². The Morgan fingerprint density at radius 3 is 2.69 bits per heavy atom. The summed E-state index contributed by atoms with van der Waals surface area (Å²) in [6.45, 7) is 4.39. The van der Waals surface area contributed by atoms with E-state index in [4.69, 9.17) is 5.73 Å². The third-order valence-electron chi connectivity index (χ3n) is 2.27. The second kappa shape index (κ2) is 5.40. The van der Waals surface area contributed by atoms with Gasteiger partial charge in [-0.1, -0.05) is 26.7 Å². The lowest BCUT2D eigenvalue weighted by molar-refractivity contribution is 0.611. The quantitative estimate of drug-likeness (QED) is 0.768. The molecule has 2 N–H and O–H groups in total. The van der Waals surface area contributed by atoms with Crippen LogP contribution in [-0.4, -0.2) is 0 Å². The Bertz CT molecular complexity index is 242. The summed E-state index contributed by atoms with van der Waals surface area (Å²) in [7, 11) is 0. The molecule has 1 rings (SSSR count). The van der Waals surface area contributed by atoms with Crippen molar-refractivity contribution < 1.29 is 0 Å². The average Bonchev–Trinajstić information content (AvgIpc) is 2.62. The molecular formula is C11H19NS. The van der Waals surface area contributed by atoms with Crippen molar-refractivity contribution in [3.8, 4) is 0 Å². The average molecular weight is 197 g/mol. The summed E-state index contributed by atoms with van der Waals surface area (Å²) in [5, 5.41) is 0. The minimum absolute atomic E-state index is 0.269. The second-order valence-corrected chi connectivity index (χ2v) is 4.61. The fourth-order valence-electron chi connectivity index (χ4n) is 1.35. The standard InChI is InChI=1S/C11H19NS/c1-3-5-6-10(12)11-8-7-9(4-2)13-11/h7-8,10H,3-6,12H2,1-2H3/t10-/m1/s1. The molecule has 1 aromatic rings. The smallest absolute Gasteiger partial charge is 0.0389 e. The first-order valence-electron chi connectivity index (χ1n) is 5.12. The van der Waals surface area contributed by atoms with E-state index in [1.807, 2.05) is 11.3 Å².